The van der Waals surface area contributed by atoms with E-state index in [1.54, 1.807) is 32.0 Å². The molecule has 0 aliphatic carbocycles. The predicted molar refractivity (Wildman–Crippen MR) is 101 cm³/mol. The molecule has 0 aliphatic heterocycles. The fourth-order valence-corrected chi connectivity index (χ4v) is 2.78. The molecular weight excluding hydrogens is 393 g/mol. The number of carbonyl (C=O) groups is 2. The van der Waals surface area contributed by atoms with Crippen molar-refractivity contribution < 1.29 is 22.8 Å². The molecule has 2 N–H and O–H groups in total. The molecule has 0 spiro atoms. The van der Waals surface area contributed by atoms with E-state index in [1.807, 2.05) is 0 Å². The second kappa shape index (κ2) is 9.10. The van der Waals surface area contributed by atoms with Gasteiger partial charge >= 0.3 is 6.18 Å². The Kier molecular flexibility index (Phi) is 7.07. The smallest absolute Gasteiger partial charge is 0.350 e. The van der Waals surface area contributed by atoms with Crippen LogP contribution in [0, 0.1) is 5.92 Å². The third-order valence-corrected chi connectivity index (χ3v) is 4.40. The van der Waals surface area contributed by atoms with Gasteiger partial charge in [0, 0.05) is 6.54 Å². The van der Waals surface area contributed by atoms with Crippen molar-refractivity contribution in [3.8, 4) is 0 Å². The lowest BCUT2D eigenvalue weighted by molar-refractivity contribution is -0.137. The number of halogens is 4. The lowest BCUT2D eigenvalue weighted by Crippen LogP contribution is -2.49. The molecule has 2 rings (SSSR count). The van der Waals surface area contributed by atoms with Crippen molar-refractivity contribution in [1.82, 2.24) is 10.6 Å². The maximum Gasteiger partial charge on any atom is 0.416 e. The van der Waals surface area contributed by atoms with Crippen LogP contribution < -0.4 is 10.6 Å². The number of carbonyl (C=O) groups excluding carboxylic acids is 2. The summed E-state index contributed by atoms with van der Waals surface area (Å²) in [4.78, 5) is 24.9. The van der Waals surface area contributed by atoms with E-state index >= 15 is 0 Å². The van der Waals surface area contributed by atoms with Gasteiger partial charge in [-0.1, -0.05) is 49.7 Å². The van der Waals surface area contributed by atoms with Gasteiger partial charge in [-0.2, -0.15) is 13.2 Å². The Labute approximate surface area is 166 Å². The topological polar surface area (TPSA) is 58.2 Å². The van der Waals surface area contributed by atoms with Gasteiger partial charge in [0.25, 0.3) is 5.91 Å². The van der Waals surface area contributed by atoms with Crippen molar-refractivity contribution in [2.45, 2.75) is 32.6 Å². The van der Waals surface area contributed by atoms with Crippen molar-refractivity contribution in [3.63, 3.8) is 0 Å². The predicted octanol–water partition coefficient (Wildman–Crippen LogP) is 4.43. The summed E-state index contributed by atoms with van der Waals surface area (Å²) >= 11 is 6.00. The number of rotatable bonds is 6. The molecule has 1 unspecified atom stereocenters. The molecule has 2 aromatic carbocycles. The van der Waals surface area contributed by atoms with Crippen LogP contribution in [0.15, 0.2) is 48.5 Å². The monoisotopic (exact) mass is 412 g/mol. The number of hydrogen-bond donors (Lipinski definition) is 2. The molecule has 0 aliphatic rings. The van der Waals surface area contributed by atoms with Crippen LogP contribution >= 0.6 is 11.6 Å². The van der Waals surface area contributed by atoms with E-state index in [9.17, 15) is 22.8 Å². The van der Waals surface area contributed by atoms with E-state index in [2.05, 4.69) is 10.6 Å². The molecule has 1 atom stereocenters. The van der Waals surface area contributed by atoms with Gasteiger partial charge < -0.3 is 10.6 Å². The average molecular weight is 413 g/mol. The zero-order valence-electron chi connectivity index (χ0n) is 15.3. The Morgan fingerprint density at radius 1 is 1.07 bits per heavy atom. The molecule has 0 heterocycles. The Morgan fingerprint density at radius 3 is 2.36 bits per heavy atom. The molecule has 2 aromatic rings. The van der Waals surface area contributed by atoms with Crippen LogP contribution in [-0.2, 0) is 17.5 Å². The average Bonchev–Trinajstić information content (AvgIpc) is 2.63. The van der Waals surface area contributed by atoms with Gasteiger partial charge in [0.05, 0.1) is 16.1 Å². The summed E-state index contributed by atoms with van der Waals surface area (Å²) in [5, 5.41) is 5.46. The highest BCUT2D eigenvalue weighted by molar-refractivity contribution is 6.33. The third kappa shape index (κ3) is 5.73. The maximum absolute atomic E-state index is 12.8. The van der Waals surface area contributed by atoms with Crippen LogP contribution in [0.1, 0.15) is 35.3 Å². The van der Waals surface area contributed by atoms with Crippen LogP contribution in [-0.4, -0.2) is 17.9 Å². The van der Waals surface area contributed by atoms with Crippen molar-refractivity contribution in [2.24, 2.45) is 5.92 Å². The highest BCUT2D eigenvalue weighted by atomic mass is 35.5. The Balaban J connectivity index is 2.06. The van der Waals surface area contributed by atoms with E-state index in [0.29, 0.717) is 5.56 Å². The van der Waals surface area contributed by atoms with Gasteiger partial charge in [-0.25, -0.2) is 0 Å². The zero-order valence-corrected chi connectivity index (χ0v) is 16.1. The zero-order chi connectivity index (χ0) is 20.9. The van der Waals surface area contributed by atoms with Gasteiger partial charge in [0.1, 0.15) is 6.04 Å². The second-order valence-electron chi connectivity index (χ2n) is 6.59. The van der Waals surface area contributed by atoms with Crippen molar-refractivity contribution >= 4 is 23.4 Å². The van der Waals surface area contributed by atoms with Gasteiger partial charge in [-0.3, -0.25) is 9.59 Å². The second-order valence-corrected chi connectivity index (χ2v) is 7.00. The van der Waals surface area contributed by atoms with Crippen LogP contribution in [0.4, 0.5) is 13.2 Å². The summed E-state index contributed by atoms with van der Waals surface area (Å²) < 4.78 is 38.4. The quantitative estimate of drug-likeness (QED) is 0.737. The molecule has 0 saturated carbocycles. The Morgan fingerprint density at radius 2 is 1.75 bits per heavy atom. The molecule has 8 heteroatoms. The largest absolute Gasteiger partial charge is 0.416 e. The SMILES string of the molecule is CC(C)C(NC(=O)c1ccccc1Cl)C(=O)NCc1cccc(C(F)(F)F)c1. The summed E-state index contributed by atoms with van der Waals surface area (Å²) in [5.41, 5.74) is -0.240. The van der Waals surface area contributed by atoms with E-state index in [4.69, 9.17) is 11.6 Å². The minimum Gasteiger partial charge on any atom is -0.350 e. The lowest BCUT2D eigenvalue weighted by Gasteiger charge is -2.22. The van der Waals surface area contributed by atoms with Crippen molar-refractivity contribution in [3.05, 3.63) is 70.2 Å². The Hall–Kier alpha value is -2.54. The van der Waals surface area contributed by atoms with E-state index in [0.717, 1.165) is 12.1 Å². The number of nitrogens with one attached hydrogen (secondary N) is 2. The van der Waals surface area contributed by atoms with Crippen LogP contribution in [0.25, 0.3) is 0 Å². The van der Waals surface area contributed by atoms with Crippen LogP contribution in [0.5, 0.6) is 0 Å². The van der Waals surface area contributed by atoms with Gasteiger partial charge in [-0.15, -0.1) is 0 Å². The molecule has 0 radical (unpaired) electrons. The Bertz CT molecular complexity index is 853. The normalized spacial score (nSPS) is 12.5. The molecular formula is C20H20ClF3N2O2. The molecule has 0 fully saturated rings. The van der Waals surface area contributed by atoms with Crippen LogP contribution in [0.3, 0.4) is 0 Å². The summed E-state index contributed by atoms with van der Waals surface area (Å²) in [6, 6.07) is 10.3. The summed E-state index contributed by atoms with van der Waals surface area (Å²) in [5.74, 6) is -1.24. The van der Waals surface area contributed by atoms with E-state index in [1.165, 1.54) is 18.2 Å². The molecule has 28 heavy (non-hydrogen) atoms. The number of benzene rings is 2. The van der Waals surface area contributed by atoms with Crippen molar-refractivity contribution in [1.29, 1.82) is 0 Å². The van der Waals surface area contributed by atoms with Gasteiger partial charge in [0.2, 0.25) is 5.91 Å². The number of hydrogen-bond acceptors (Lipinski definition) is 2. The minimum atomic E-state index is -4.45. The van der Waals surface area contributed by atoms with Gasteiger partial charge in [0.15, 0.2) is 0 Å². The van der Waals surface area contributed by atoms with Crippen LogP contribution in [0.2, 0.25) is 5.02 Å². The van der Waals surface area contributed by atoms with Gasteiger partial charge in [-0.05, 0) is 35.7 Å². The maximum atomic E-state index is 12.8. The standard InChI is InChI=1S/C20H20ClF3N2O2/c1-12(2)17(26-18(27)15-8-3-4-9-16(15)21)19(28)25-11-13-6-5-7-14(10-13)20(22,23)24/h3-10,12,17H,11H2,1-2H3,(H,25,28)(H,26,27). The van der Waals surface area contributed by atoms with Crippen molar-refractivity contribution in [2.75, 3.05) is 0 Å². The first kappa shape index (κ1) is 21.8. The molecule has 0 saturated heterocycles. The first-order valence-electron chi connectivity index (χ1n) is 8.59. The van der Waals surface area contributed by atoms with E-state index in [-0.39, 0.29) is 23.0 Å². The molecule has 2 amide bonds. The number of alkyl halides is 3. The first-order chi connectivity index (χ1) is 13.1. The molecule has 4 nitrogen and oxygen atoms in total. The number of amides is 2. The fraction of sp³-hybridized carbons (Fsp3) is 0.300. The first-order valence-corrected chi connectivity index (χ1v) is 8.96. The summed E-state index contributed by atoms with van der Waals surface area (Å²) in [6.07, 6.45) is -4.45. The summed E-state index contributed by atoms with van der Waals surface area (Å²) in [7, 11) is 0. The fourth-order valence-electron chi connectivity index (χ4n) is 2.56. The minimum absolute atomic E-state index is 0.0893. The van der Waals surface area contributed by atoms with E-state index < -0.39 is 29.6 Å². The highest BCUT2D eigenvalue weighted by Crippen LogP contribution is 2.29. The lowest BCUT2D eigenvalue weighted by atomic mass is 10.0. The third-order valence-electron chi connectivity index (χ3n) is 4.08. The summed E-state index contributed by atoms with van der Waals surface area (Å²) in [6.45, 7) is 3.41. The molecule has 0 aromatic heterocycles. The highest BCUT2D eigenvalue weighted by Gasteiger charge is 2.30. The molecule has 150 valence electrons. The molecule has 0 bridgehead atoms.